The number of carbonyl (C=O) groups is 3. The van der Waals surface area contributed by atoms with Gasteiger partial charge < -0.3 is 14.2 Å². The summed E-state index contributed by atoms with van der Waals surface area (Å²) in [6.45, 7) is 10.7. The van der Waals surface area contributed by atoms with E-state index in [0.717, 1.165) is 40.3 Å². The summed E-state index contributed by atoms with van der Waals surface area (Å²) >= 11 is 0. The van der Waals surface area contributed by atoms with Gasteiger partial charge in [0.2, 0.25) is 0 Å². The number of ether oxygens (including phenoxy) is 3. The molecule has 0 aromatic heterocycles. The second-order valence-electron chi connectivity index (χ2n) is 11.8. The molecule has 1 aliphatic carbocycles. The Morgan fingerprint density at radius 3 is 1.40 bits per heavy atom. The predicted octanol–water partition coefficient (Wildman–Crippen LogP) is 5.24. The van der Waals surface area contributed by atoms with Crippen LogP contribution in [0, 0.1) is 59.3 Å². The number of hydrogen-bond donors (Lipinski definition) is 1. The molecule has 0 saturated heterocycles. The van der Waals surface area contributed by atoms with Crippen LogP contribution >= 0.6 is 0 Å². The molecule has 42 heavy (non-hydrogen) atoms. The average molecular weight is 607 g/mol. The van der Waals surface area contributed by atoms with Crippen molar-refractivity contribution >= 4 is 28.0 Å². The van der Waals surface area contributed by atoms with Gasteiger partial charge in [0, 0.05) is 0 Å². The first kappa shape index (κ1) is 33.2. The number of halogens is 1. The van der Waals surface area contributed by atoms with E-state index in [0.29, 0.717) is 11.5 Å². The molecule has 1 aliphatic rings. The first-order valence-electron chi connectivity index (χ1n) is 13.7. The first-order chi connectivity index (χ1) is 19.4. The molecular weight excluding hydrogens is 567 g/mol. The maximum atomic E-state index is 13.8. The Balaban J connectivity index is 1.90. The number of alkyl halides is 1. The number of esters is 3. The van der Waals surface area contributed by atoms with Crippen molar-refractivity contribution in [2.45, 2.75) is 73.3 Å². The van der Waals surface area contributed by atoms with Gasteiger partial charge in [0.25, 0.3) is 10.1 Å². The highest BCUT2D eigenvalue weighted by Crippen LogP contribution is 2.38. The number of carbonyl (C=O) groups excluding carboxylic acids is 3. The van der Waals surface area contributed by atoms with Gasteiger partial charge in [-0.3, -0.25) is 18.9 Å². The Kier molecular flexibility index (Phi) is 10.2. The number of benzene rings is 2. The Bertz CT molecular complexity index is 1360. The van der Waals surface area contributed by atoms with Gasteiger partial charge in [-0.15, -0.1) is 0 Å². The zero-order valence-electron chi connectivity index (χ0n) is 25.1. The summed E-state index contributed by atoms with van der Waals surface area (Å²) in [5.74, 6) is -5.54. The summed E-state index contributed by atoms with van der Waals surface area (Å²) in [7, 11) is -4.68. The molecule has 2 aromatic carbocycles. The largest absolute Gasteiger partial charge is 0.455 e. The summed E-state index contributed by atoms with van der Waals surface area (Å²) in [6, 6.07) is 7.48. The van der Waals surface area contributed by atoms with E-state index < -0.39 is 63.8 Å². The van der Waals surface area contributed by atoms with Crippen LogP contribution in [0.2, 0.25) is 0 Å². The van der Waals surface area contributed by atoms with Gasteiger partial charge >= 0.3 is 17.9 Å². The number of rotatable bonds is 9. The minimum Gasteiger partial charge on any atom is -0.455 e. The molecule has 11 heteroatoms. The van der Waals surface area contributed by atoms with Gasteiger partial charge in [-0.1, -0.05) is 35.4 Å². The van der Waals surface area contributed by atoms with Crippen molar-refractivity contribution in [1.82, 2.24) is 0 Å². The molecule has 0 radical (unpaired) electrons. The van der Waals surface area contributed by atoms with Crippen molar-refractivity contribution < 1.29 is 46.0 Å². The van der Waals surface area contributed by atoms with Crippen LogP contribution in [-0.2, 0) is 29.2 Å². The van der Waals surface area contributed by atoms with Crippen molar-refractivity contribution in [3.63, 3.8) is 0 Å². The molecule has 0 bridgehead atoms. The molecule has 1 fully saturated rings. The van der Waals surface area contributed by atoms with E-state index in [1.54, 1.807) is 0 Å². The lowest BCUT2D eigenvalue weighted by Gasteiger charge is -2.34. The fraction of sp³-hybridized carbons (Fsp3) is 0.516. The molecule has 3 rings (SSSR count). The summed E-state index contributed by atoms with van der Waals surface area (Å²) in [5, 5.41) is 0. The third-order valence-electron chi connectivity index (χ3n) is 7.44. The van der Waals surface area contributed by atoms with E-state index in [4.69, 9.17) is 14.2 Å². The van der Waals surface area contributed by atoms with Crippen LogP contribution in [0.1, 0.15) is 59.6 Å². The van der Waals surface area contributed by atoms with Crippen LogP contribution in [-0.4, -0.2) is 48.9 Å². The molecule has 3 atom stereocenters. The quantitative estimate of drug-likeness (QED) is 0.231. The van der Waals surface area contributed by atoms with Crippen LogP contribution in [0.3, 0.4) is 0 Å². The number of hydrogen-bond acceptors (Lipinski definition) is 8. The second-order valence-corrected chi connectivity index (χ2v) is 13.3. The molecule has 3 unspecified atom stereocenters. The third-order valence-corrected chi connectivity index (χ3v) is 8.41. The maximum Gasteiger partial charge on any atom is 0.314 e. The van der Waals surface area contributed by atoms with Crippen molar-refractivity contribution in [3.8, 4) is 11.5 Å². The summed E-state index contributed by atoms with van der Waals surface area (Å²) < 4.78 is 62.7. The van der Waals surface area contributed by atoms with Crippen LogP contribution < -0.4 is 9.47 Å². The molecule has 0 aliphatic heterocycles. The van der Waals surface area contributed by atoms with E-state index in [-0.39, 0.29) is 19.3 Å². The maximum absolute atomic E-state index is 13.8. The molecule has 1 N–H and O–H groups in total. The predicted molar refractivity (Wildman–Crippen MR) is 154 cm³/mol. The molecule has 0 heterocycles. The molecule has 2 aromatic rings. The van der Waals surface area contributed by atoms with E-state index in [2.05, 4.69) is 0 Å². The Morgan fingerprint density at radius 1 is 0.762 bits per heavy atom. The zero-order valence-corrected chi connectivity index (χ0v) is 25.9. The smallest absolute Gasteiger partial charge is 0.314 e. The van der Waals surface area contributed by atoms with E-state index >= 15 is 0 Å². The average Bonchev–Trinajstić information content (AvgIpc) is 2.86. The second kappa shape index (κ2) is 12.9. The minimum atomic E-state index is -4.68. The monoisotopic (exact) mass is 606 g/mol. The van der Waals surface area contributed by atoms with Gasteiger partial charge in [-0.2, -0.15) is 8.42 Å². The van der Waals surface area contributed by atoms with Crippen LogP contribution in [0.4, 0.5) is 4.39 Å². The fourth-order valence-corrected chi connectivity index (χ4v) is 6.63. The van der Waals surface area contributed by atoms with Gasteiger partial charge in [0.1, 0.15) is 23.9 Å². The lowest BCUT2D eigenvalue weighted by molar-refractivity contribution is -0.166. The van der Waals surface area contributed by atoms with Crippen molar-refractivity contribution in [1.29, 1.82) is 0 Å². The lowest BCUT2D eigenvalue weighted by Crippen LogP contribution is -2.45. The SMILES string of the molecule is Cc1cc(C)c(OC(=O)C2CC(C(=O)Oc3c(C)cc(C)cc3C)CC(C(=O)OC(C)(CF)CS(=O)(=O)O)C2)c(C)c1. The van der Waals surface area contributed by atoms with Crippen LogP contribution in [0.25, 0.3) is 0 Å². The standard InChI is InChI=1S/C31H39FO9S/c1-17-8-19(3)26(20(4)9-17)39-28(33)23-12-24(29(34)40-27-21(5)10-18(2)11-22(27)6)14-25(13-23)30(35)41-31(7,15-32)16-42(36,37)38/h8-11,23-25H,12-16H2,1-7H3,(H,36,37,38). The highest BCUT2D eigenvalue weighted by molar-refractivity contribution is 7.85. The zero-order chi connectivity index (χ0) is 31.6. The first-order valence-corrected chi connectivity index (χ1v) is 15.4. The van der Waals surface area contributed by atoms with Gasteiger partial charge in [-0.05, 0) is 90.0 Å². The van der Waals surface area contributed by atoms with Gasteiger partial charge in [0.15, 0.2) is 5.60 Å². The van der Waals surface area contributed by atoms with Crippen LogP contribution in [0.5, 0.6) is 11.5 Å². The molecular formula is C31H39FO9S. The lowest BCUT2D eigenvalue weighted by atomic mass is 9.75. The van der Waals surface area contributed by atoms with E-state index in [1.165, 1.54) is 0 Å². The van der Waals surface area contributed by atoms with Crippen LogP contribution in [0.15, 0.2) is 24.3 Å². The molecule has 0 spiro atoms. The van der Waals surface area contributed by atoms with E-state index in [9.17, 15) is 31.7 Å². The molecule has 9 nitrogen and oxygen atoms in total. The Hall–Kier alpha value is -3.31. The van der Waals surface area contributed by atoms with Crippen molar-refractivity contribution in [3.05, 3.63) is 57.6 Å². The summed E-state index contributed by atoms with van der Waals surface area (Å²) in [5.41, 5.74) is 2.83. The Labute approximate surface area is 246 Å². The molecule has 0 amide bonds. The van der Waals surface area contributed by atoms with Crippen molar-refractivity contribution in [2.75, 3.05) is 12.4 Å². The van der Waals surface area contributed by atoms with Gasteiger partial charge in [-0.25, -0.2) is 4.39 Å². The molecule has 1 saturated carbocycles. The summed E-state index contributed by atoms with van der Waals surface area (Å²) in [4.78, 5) is 40.1. The molecule has 230 valence electrons. The topological polar surface area (TPSA) is 133 Å². The van der Waals surface area contributed by atoms with Crippen molar-refractivity contribution in [2.24, 2.45) is 17.8 Å². The Morgan fingerprint density at radius 2 is 1.10 bits per heavy atom. The van der Waals surface area contributed by atoms with Gasteiger partial charge in [0.05, 0.1) is 17.8 Å². The van der Waals surface area contributed by atoms with E-state index in [1.807, 2.05) is 65.8 Å². The fourth-order valence-electron chi connectivity index (χ4n) is 5.73. The minimum absolute atomic E-state index is 0.0424. The normalized spacial score (nSPS) is 20.4. The third kappa shape index (κ3) is 8.38. The number of aryl methyl sites for hydroxylation is 6. The summed E-state index contributed by atoms with van der Waals surface area (Å²) in [6.07, 6.45) is -0.0920. The highest BCUT2D eigenvalue weighted by Gasteiger charge is 2.44. The highest BCUT2D eigenvalue weighted by atomic mass is 32.2.